The molecule has 3 aromatic rings. The number of anilines is 2. The molecule has 2 amide bonds. The third-order valence-electron chi connectivity index (χ3n) is 4.01. The summed E-state index contributed by atoms with van der Waals surface area (Å²) in [6.45, 7) is 3.56. The fourth-order valence-electron chi connectivity index (χ4n) is 2.78. The Kier molecular flexibility index (Phi) is 5.01. The van der Waals surface area contributed by atoms with Crippen LogP contribution in [-0.4, -0.2) is 39.8 Å². The first-order valence-corrected chi connectivity index (χ1v) is 10.0. The summed E-state index contributed by atoms with van der Waals surface area (Å²) in [4.78, 5) is 36.2. The van der Waals surface area contributed by atoms with E-state index in [1.54, 1.807) is 12.1 Å². The van der Waals surface area contributed by atoms with E-state index in [2.05, 4.69) is 25.5 Å². The largest absolute Gasteiger partial charge is 0.459 e. The van der Waals surface area contributed by atoms with E-state index in [0.717, 1.165) is 29.2 Å². The number of carbonyl (C=O) groups is 2. The molecule has 10 heteroatoms. The standard InChI is InChI=1S/C17H17N5O3S2/c1-10-9-26-16(18-10)20-14(23)8-22-5-4-11-13(7-22)27-17(19-11)21-15(24)12-3-2-6-25-12/h2-3,6,9H,4-5,7-8H2,1H3,(H,18,20,23)(H,19,21,24). The van der Waals surface area contributed by atoms with Gasteiger partial charge in [0.2, 0.25) is 5.91 Å². The second-order valence-corrected chi connectivity index (χ2v) is 8.06. The highest BCUT2D eigenvalue weighted by Gasteiger charge is 2.23. The zero-order valence-corrected chi connectivity index (χ0v) is 16.2. The summed E-state index contributed by atoms with van der Waals surface area (Å²) in [5, 5.41) is 8.66. The van der Waals surface area contributed by atoms with Crippen LogP contribution in [0.4, 0.5) is 10.3 Å². The van der Waals surface area contributed by atoms with E-state index in [9.17, 15) is 9.59 Å². The van der Waals surface area contributed by atoms with E-state index in [1.807, 2.05) is 12.3 Å². The molecule has 0 saturated carbocycles. The molecule has 3 aromatic heterocycles. The Labute approximate surface area is 163 Å². The fourth-order valence-corrected chi connectivity index (χ4v) is 4.53. The van der Waals surface area contributed by atoms with Crippen molar-refractivity contribution in [2.75, 3.05) is 23.7 Å². The molecule has 0 aliphatic carbocycles. The molecule has 0 saturated heterocycles. The number of furan rings is 1. The molecule has 0 unspecified atom stereocenters. The van der Waals surface area contributed by atoms with Crippen molar-refractivity contribution in [2.24, 2.45) is 0 Å². The van der Waals surface area contributed by atoms with Crippen molar-refractivity contribution in [2.45, 2.75) is 19.9 Å². The van der Waals surface area contributed by atoms with Gasteiger partial charge in [-0.1, -0.05) is 0 Å². The Morgan fingerprint density at radius 3 is 2.93 bits per heavy atom. The first kappa shape index (κ1) is 17.8. The van der Waals surface area contributed by atoms with Gasteiger partial charge in [-0.15, -0.1) is 22.7 Å². The zero-order chi connectivity index (χ0) is 18.8. The van der Waals surface area contributed by atoms with E-state index in [-0.39, 0.29) is 17.6 Å². The van der Waals surface area contributed by atoms with Crippen molar-refractivity contribution in [3.63, 3.8) is 0 Å². The van der Waals surface area contributed by atoms with Gasteiger partial charge in [-0.2, -0.15) is 0 Å². The van der Waals surface area contributed by atoms with E-state index < -0.39 is 0 Å². The number of hydrogen-bond acceptors (Lipinski definition) is 8. The van der Waals surface area contributed by atoms with Gasteiger partial charge in [0.05, 0.1) is 24.2 Å². The Hall–Kier alpha value is -2.56. The molecule has 2 N–H and O–H groups in total. The van der Waals surface area contributed by atoms with Gasteiger partial charge in [0, 0.05) is 29.8 Å². The van der Waals surface area contributed by atoms with Crippen LogP contribution in [0.15, 0.2) is 28.2 Å². The summed E-state index contributed by atoms with van der Waals surface area (Å²) in [6, 6.07) is 3.27. The Morgan fingerprint density at radius 1 is 1.30 bits per heavy atom. The highest BCUT2D eigenvalue weighted by molar-refractivity contribution is 7.16. The van der Waals surface area contributed by atoms with Crippen LogP contribution >= 0.6 is 22.7 Å². The van der Waals surface area contributed by atoms with Crippen molar-refractivity contribution in [3.8, 4) is 0 Å². The molecule has 0 fully saturated rings. The fraction of sp³-hybridized carbons (Fsp3) is 0.294. The van der Waals surface area contributed by atoms with Crippen LogP contribution in [0.5, 0.6) is 0 Å². The van der Waals surface area contributed by atoms with Crippen molar-refractivity contribution in [1.82, 2.24) is 14.9 Å². The summed E-state index contributed by atoms with van der Waals surface area (Å²) >= 11 is 2.85. The molecule has 1 aliphatic heterocycles. The van der Waals surface area contributed by atoms with Gasteiger partial charge < -0.3 is 9.73 Å². The monoisotopic (exact) mass is 403 g/mol. The van der Waals surface area contributed by atoms with E-state index >= 15 is 0 Å². The number of carbonyl (C=O) groups excluding carboxylic acids is 2. The van der Waals surface area contributed by atoms with Crippen LogP contribution in [-0.2, 0) is 17.8 Å². The van der Waals surface area contributed by atoms with Gasteiger partial charge in [-0.3, -0.25) is 19.8 Å². The molecule has 140 valence electrons. The van der Waals surface area contributed by atoms with E-state index in [1.165, 1.54) is 28.9 Å². The van der Waals surface area contributed by atoms with E-state index in [0.29, 0.717) is 23.4 Å². The Morgan fingerprint density at radius 2 is 2.19 bits per heavy atom. The molecule has 0 atom stereocenters. The average molecular weight is 403 g/mol. The average Bonchev–Trinajstić information content (AvgIpc) is 3.35. The number of amides is 2. The van der Waals surface area contributed by atoms with Gasteiger partial charge in [0.15, 0.2) is 16.0 Å². The molecule has 4 rings (SSSR count). The van der Waals surface area contributed by atoms with Gasteiger partial charge in [-0.05, 0) is 19.1 Å². The maximum atomic E-state index is 12.2. The van der Waals surface area contributed by atoms with Gasteiger partial charge in [-0.25, -0.2) is 9.97 Å². The highest BCUT2D eigenvalue weighted by atomic mass is 32.1. The summed E-state index contributed by atoms with van der Waals surface area (Å²) in [6.07, 6.45) is 2.20. The van der Waals surface area contributed by atoms with Gasteiger partial charge in [0.25, 0.3) is 5.91 Å². The van der Waals surface area contributed by atoms with Crippen molar-refractivity contribution >= 4 is 44.8 Å². The van der Waals surface area contributed by atoms with Crippen LogP contribution in [0.2, 0.25) is 0 Å². The normalized spacial score (nSPS) is 14.0. The SMILES string of the molecule is Cc1csc(NC(=O)CN2CCc3nc(NC(=O)c4ccco4)sc3C2)n1. The summed E-state index contributed by atoms with van der Waals surface area (Å²) in [5.41, 5.74) is 1.87. The van der Waals surface area contributed by atoms with Crippen molar-refractivity contribution in [1.29, 1.82) is 0 Å². The number of thiazole rings is 2. The first-order valence-electron chi connectivity index (χ1n) is 8.34. The van der Waals surface area contributed by atoms with Crippen LogP contribution < -0.4 is 10.6 Å². The molecule has 4 heterocycles. The topological polar surface area (TPSA) is 100 Å². The lowest BCUT2D eigenvalue weighted by Crippen LogP contribution is -2.36. The lowest BCUT2D eigenvalue weighted by atomic mass is 10.2. The van der Waals surface area contributed by atoms with Crippen molar-refractivity contribution in [3.05, 3.63) is 45.8 Å². The van der Waals surface area contributed by atoms with Crippen LogP contribution in [0.1, 0.15) is 26.8 Å². The quantitative estimate of drug-likeness (QED) is 0.679. The summed E-state index contributed by atoms with van der Waals surface area (Å²) in [7, 11) is 0. The van der Waals surface area contributed by atoms with Crippen LogP contribution in [0.25, 0.3) is 0 Å². The molecule has 0 bridgehead atoms. The number of nitrogens with zero attached hydrogens (tertiary/aromatic N) is 3. The number of aromatic nitrogens is 2. The van der Waals surface area contributed by atoms with E-state index in [4.69, 9.17) is 4.42 Å². The Balaban J connectivity index is 1.35. The third-order valence-corrected chi connectivity index (χ3v) is 5.88. The molecular weight excluding hydrogens is 386 g/mol. The third kappa shape index (κ3) is 4.24. The highest BCUT2D eigenvalue weighted by Crippen LogP contribution is 2.28. The number of nitrogens with one attached hydrogen (secondary N) is 2. The molecule has 0 spiro atoms. The number of rotatable bonds is 5. The first-order chi connectivity index (χ1) is 13.1. The Bertz CT molecular complexity index is 963. The van der Waals surface area contributed by atoms with Crippen LogP contribution in [0, 0.1) is 6.92 Å². The second-order valence-electron chi connectivity index (χ2n) is 6.12. The number of hydrogen-bond donors (Lipinski definition) is 2. The minimum absolute atomic E-state index is 0.0799. The number of aryl methyl sites for hydroxylation is 1. The minimum Gasteiger partial charge on any atom is -0.459 e. The maximum absolute atomic E-state index is 12.2. The summed E-state index contributed by atoms with van der Waals surface area (Å²) < 4.78 is 5.09. The zero-order valence-electron chi connectivity index (χ0n) is 14.5. The van der Waals surface area contributed by atoms with Crippen molar-refractivity contribution < 1.29 is 14.0 Å². The second kappa shape index (κ2) is 7.59. The predicted octanol–water partition coefficient (Wildman–Crippen LogP) is 2.75. The predicted molar refractivity (Wildman–Crippen MR) is 103 cm³/mol. The lowest BCUT2D eigenvalue weighted by molar-refractivity contribution is -0.117. The molecular formula is C17H17N5O3S2. The molecule has 0 aromatic carbocycles. The molecule has 8 nitrogen and oxygen atoms in total. The molecule has 1 aliphatic rings. The lowest BCUT2D eigenvalue weighted by Gasteiger charge is -2.24. The summed E-state index contributed by atoms with van der Waals surface area (Å²) in [5.74, 6) is -0.149. The number of fused-ring (bicyclic) bond motifs is 1. The molecule has 27 heavy (non-hydrogen) atoms. The minimum atomic E-state index is -0.318. The van der Waals surface area contributed by atoms with Crippen LogP contribution in [0.3, 0.4) is 0 Å². The molecule has 0 radical (unpaired) electrons. The smallest absolute Gasteiger partial charge is 0.293 e. The van der Waals surface area contributed by atoms with Gasteiger partial charge >= 0.3 is 0 Å². The maximum Gasteiger partial charge on any atom is 0.293 e. The van der Waals surface area contributed by atoms with Gasteiger partial charge in [0.1, 0.15) is 0 Å².